The van der Waals surface area contributed by atoms with E-state index in [4.69, 9.17) is 10.00 Å². The van der Waals surface area contributed by atoms with Crippen molar-refractivity contribution in [3.05, 3.63) is 28.2 Å². The van der Waals surface area contributed by atoms with Crippen molar-refractivity contribution in [1.29, 1.82) is 5.26 Å². The zero-order chi connectivity index (χ0) is 11.4. The zero-order valence-corrected chi connectivity index (χ0v) is 10.5. The van der Waals surface area contributed by atoms with Gasteiger partial charge >= 0.3 is 0 Å². The van der Waals surface area contributed by atoms with E-state index in [1.165, 1.54) is 0 Å². The van der Waals surface area contributed by atoms with Gasteiger partial charge in [-0.25, -0.2) is 0 Å². The SMILES string of the molecule is N#Cc1ccc(Br)cc1NC1CCCOC1. The Balaban J connectivity index is 2.13. The van der Waals surface area contributed by atoms with Crippen molar-refractivity contribution in [2.45, 2.75) is 18.9 Å². The van der Waals surface area contributed by atoms with Crippen molar-refractivity contribution in [3.8, 4) is 6.07 Å². The highest BCUT2D eigenvalue weighted by molar-refractivity contribution is 9.10. The molecule has 0 saturated carbocycles. The van der Waals surface area contributed by atoms with Crippen molar-refractivity contribution in [2.24, 2.45) is 0 Å². The second-order valence-electron chi connectivity index (χ2n) is 3.86. The van der Waals surface area contributed by atoms with Gasteiger partial charge in [-0.3, -0.25) is 0 Å². The molecule has 0 bridgehead atoms. The van der Waals surface area contributed by atoms with Crippen LogP contribution in [0, 0.1) is 11.3 Å². The van der Waals surface area contributed by atoms with E-state index in [9.17, 15) is 0 Å². The van der Waals surface area contributed by atoms with Crippen molar-refractivity contribution < 1.29 is 4.74 Å². The molecular weight excluding hydrogens is 268 g/mol. The Bertz CT molecular complexity index is 408. The first kappa shape index (κ1) is 11.4. The van der Waals surface area contributed by atoms with Gasteiger partial charge in [-0.15, -0.1) is 0 Å². The Hall–Kier alpha value is -1.05. The second-order valence-corrected chi connectivity index (χ2v) is 4.78. The summed E-state index contributed by atoms with van der Waals surface area (Å²) in [6, 6.07) is 8.13. The van der Waals surface area contributed by atoms with E-state index < -0.39 is 0 Å². The van der Waals surface area contributed by atoms with Crippen LogP contribution in [0.4, 0.5) is 5.69 Å². The van der Waals surface area contributed by atoms with Gasteiger partial charge in [0, 0.05) is 17.1 Å². The van der Waals surface area contributed by atoms with Gasteiger partial charge in [-0.05, 0) is 31.0 Å². The molecule has 84 valence electrons. The lowest BCUT2D eigenvalue weighted by atomic mass is 10.1. The van der Waals surface area contributed by atoms with E-state index in [-0.39, 0.29) is 0 Å². The van der Waals surface area contributed by atoms with Gasteiger partial charge in [0.05, 0.1) is 17.9 Å². The summed E-state index contributed by atoms with van der Waals surface area (Å²) in [5.74, 6) is 0. The topological polar surface area (TPSA) is 45.0 Å². The maximum absolute atomic E-state index is 9.00. The highest BCUT2D eigenvalue weighted by Crippen LogP contribution is 2.23. The summed E-state index contributed by atoms with van der Waals surface area (Å²) in [6.45, 7) is 1.57. The molecule has 1 saturated heterocycles. The molecule has 1 aliphatic heterocycles. The van der Waals surface area contributed by atoms with E-state index in [1.807, 2.05) is 18.2 Å². The molecule has 1 aromatic carbocycles. The third-order valence-corrected chi connectivity index (χ3v) is 3.12. The molecule has 1 atom stereocenters. The fraction of sp³-hybridized carbons (Fsp3) is 0.417. The number of hydrogen-bond acceptors (Lipinski definition) is 3. The van der Waals surface area contributed by atoms with E-state index >= 15 is 0 Å². The first-order valence-electron chi connectivity index (χ1n) is 5.33. The third-order valence-electron chi connectivity index (χ3n) is 2.62. The van der Waals surface area contributed by atoms with Crippen LogP contribution in [0.2, 0.25) is 0 Å². The lowest BCUT2D eigenvalue weighted by Crippen LogP contribution is -2.30. The lowest BCUT2D eigenvalue weighted by molar-refractivity contribution is 0.0876. The largest absolute Gasteiger partial charge is 0.379 e. The average Bonchev–Trinajstić information content (AvgIpc) is 2.31. The van der Waals surface area contributed by atoms with Crippen LogP contribution in [0.1, 0.15) is 18.4 Å². The molecule has 1 aromatic rings. The molecule has 1 unspecified atom stereocenters. The summed E-state index contributed by atoms with van der Waals surface area (Å²) < 4.78 is 6.38. The second kappa shape index (κ2) is 5.33. The zero-order valence-electron chi connectivity index (χ0n) is 8.87. The Kier molecular flexibility index (Phi) is 3.81. The molecule has 1 N–H and O–H groups in total. The van der Waals surface area contributed by atoms with Crippen LogP contribution < -0.4 is 5.32 Å². The summed E-state index contributed by atoms with van der Waals surface area (Å²) in [5, 5.41) is 12.4. The van der Waals surface area contributed by atoms with Crippen LogP contribution in [0.5, 0.6) is 0 Å². The standard InChI is InChI=1S/C12H13BrN2O/c13-10-4-3-9(7-14)12(6-10)15-11-2-1-5-16-8-11/h3-4,6,11,15H,1-2,5,8H2. The molecule has 3 nitrogen and oxygen atoms in total. The van der Waals surface area contributed by atoms with Crippen molar-refractivity contribution in [2.75, 3.05) is 18.5 Å². The predicted octanol–water partition coefficient (Wildman–Crippen LogP) is 2.91. The Morgan fingerprint density at radius 2 is 2.38 bits per heavy atom. The van der Waals surface area contributed by atoms with Crippen LogP contribution in [0.15, 0.2) is 22.7 Å². The van der Waals surface area contributed by atoms with Gasteiger partial charge in [0.1, 0.15) is 6.07 Å². The molecule has 2 rings (SSSR count). The van der Waals surface area contributed by atoms with Crippen LogP contribution in [0.25, 0.3) is 0 Å². The van der Waals surface area contributed by atoms with Crippen LogP contribution in [-0.4, -0.2) is 19.3 Å². The molecule has 0 amide bonds. The number of halogens is 1. The van der Waals surface area contributed by atoms with Gasteiger partial charge in [0.25, 0.3) is 0 Å². The molecule has 0 spiro atoms. The van der Waals surface area contributed by atoms with Crippen LogP contribution >= 0.6 is 15.9 Å². The summed E-state index contributed by atoms with van der Waals surface area (Å²) in [6.07, 6.45) is 2.17. The fourth-order valence-electron chi connectivity index (χ4n) is 1.81. The van der Waals surface area contributed by atoms with E-state index in [0.717, 1.165) is 36.2 Å². The van der Waals surface area contributed by atoms with E-state index in [1.54, 1.807) is 0 Å². The fourth-order valence-corrected chi connectivity index (χ4v) is 2.17. The highest BCUT2D eigenvalue weighted by atomic mass is 79.9. The Labute approximate surface area is 104 Å². The molecule has 16 heavy (non-hydrogen) atoms. The normalized spacial score (nSPS) is 20.1. The number of ether oxygens (including phenoxy) is 1. The Morgan fingerprint density at radius 1 is 1.50 bits per heavy atom. The van der Waals surface area contributed by atoms with Gasteiger partial charge in [0.2, 0.25) is 0 Å². The van der Waals surface area contributed by atoms with Crippen LogP contribution in [0.3, 0.4) is 0 Å². The first-order chi connectivity index (χ1) is 7.79. The number of rotatable bonds is 2. The van der Waals surface area contributed by atoms with Gasteiger partial charge < -0.3 is 10.1 Å². The summed E-state index contributed by atoms with van der Waals surface area (Å²) >= 11 is 3.41. The summed E-state index contributed by atoms with van der Waals surface area (Å²) in [4.78, 5) is 0. The average molecular weight is 281 g/mol. The maximum atomic E-state index is 9.00. The van der Waals surface area contributed by atoms with E-state index in [0.29, 0.717) is 11.6 Å². The third kappa shape index (κ3) is 2.75. The maximum Gasteiger partial charge on any atom is 0.101 e. The van der Waals surface area contributed by atoms with Crippen molar-refractivity contribution in [1.82, 2.24) is 0 Å². The number of nitrogens with zero attached hydrogens (tertiary/aromatic N) is 1. The number of anilines is 1. The molecule has 0 aromatic heterocycles. The molecule has 0 radical (unpaired) electrons. The minimum Gasteiger partial charge on any atom is -0.379 e. The minimum atomic E-state index is 0.315. The summed E-state index contributed by atoms with van der Waals surface area (Å²) in [7, 11) is 0. The molecule has 4 heteroatoms. The molecule has 1 heterocycles. The van der Waals surface area contributed by atoms with Crippen LogP contribution in [-0.2, 0) is 4.74 Å². The van der Waals surface area contributed by atoms with E-state index in [2.05, 4.69) is 27.3 Å². The quantitative estimate of drug-likeness (QED) is 0.906. The lowest BCUT2D eigenvalue weighted by Gasteiger charge is -2.24. The number of benzene rings is 1. The van der Waals surface area contributed by atoms with Gasteiger partial charge in [-0.2, -0.15) is 5.26 Å². The monoisotopic (exact) mass is 280 g/mol. The first-order valence-corrected chi connectivity index (χ1v) is 6.13. The smallest absolute Gasteiger partial charge is 0.101 e. The minimum absolute atomic E-state index is 0.315. The van der Waals surface area contributed by atoms with Crippen molar-refractivity contribution in [3.63, 3.8) is 0 Å². The number of hydrogen-bond donors (Lipinski definition) is 1. The Morgan fingerprint density at radius 3 is 3.06 bits per heavy atom. The molecule has 1 aliphatic rings. The highest BCUT2D eigenvalue weighted by Gasteiger charge is 2.14. The molecule has 0 aliphatic carbocycles. The molecular formula is C12H13BrN2O. The predicted molar refractivity (Wildman–Crippen MR) is 66.3 cm³/mol. The van der Waals surface area contributed by atoms with Gasteiger partial charge in [-0.1, -0.05) is 15.9 Å². The number of nitriles is 1. The molecule has 1 fully saturated rings. The van der Waals surface area contributed by atoms with Crippen molar-refractivity contribution >= 4 is 21.6 Å². The number of nitrogens with one attached hydrogen (secondary N) is 1. The van der Waals surface area contributed by atoms with Gasteiger partial charge in [0.15, 0.2) is 0 Å². The summed E-state index contributed by atoms with van der Waals surface area (Å²) in [5.41, 5.74) is 1.56.